The van der Waals surface area contributed by atoms with Crippen molar-refractivity contribution in [2.24, 2.45) is 0 Å². The van der Waals surface area contributed by atoms with E-state index in [-0.39, 0.29) is 30.3 Å². The summed E-state index contributed by atoms with van der Waals surface area (Å²) in [4.78, 5) is 2.30. The van der Waals surface area contributed by atoms with Crippen LogP contribution in [0.25, 0.3) is 11.0 Å². The van der Waals surface area contributed by atoms with Crippen molar-refractivity contribution in [3.8, 4) is 0 Å². The van der Waals surface area contributed by atoms with Crippen molar-refractivity contribution in [3.63, 3.8) is 0 Å². The third-order valence-electron chi connectivity index (χ3n) is 3.77. The lowest BCUT2D eigenvalue weighted by Crippen LogP contribution is -2.33. The van der Waals surface area contributed by atoms with E-state index in [2.05, 4.69) is 19.0 Å². The first-order valence-electron chi connectivity index (χ1n) is 6.11. The molecule has 4 nitrogen and oxygen atoms in total. The Kier molecular flexibility index (Phi) is 6.84. The van der Waals surface area contributed by atoms with E-state index in [0.717, 1.165) is 29.9 Å². The molecule has 0 radical (unpaired) electrons. The fourth-order valence-corrected chi connectivity index (χ4v) is 2.72. The molecule has 2 aromatic rings. The Morgan fingerprint density at radius 3 is 2.60 bits per heavy atom. The topological polar surface area (TPSA) is 73.9 Å². The normalized spacial score (nSPS) is 16.9. The van der Waals surface area contributed by atoms with Gasteiger partial charge >= 0.3 is 0 Å². The number of fused-ring (bicyclic) bond motifs is 3. The monoisotopic (exact) mass is 320 g/mol. The van der Waals surface area contributed by atoms with Gasteiger partial charge in [-0.3, -0.25) is 0 Å². The molecule has 20 heavy (non-hydrogen) atoms. The molecule has 1 heterocycles. The fraction of sp³-hybridized carbons (Fsp3) is 0.429. The minimum Gasteiger partial charge on any atom is -0.461 e. The van der Waals surface area contributed by atoms with Gasteiger partial charge in [-0.15, -0.1) is 24.8 Å². The highest BCUT2D eigenvalue weighted by Crippen LogP contribution is 2.33. The number of likely N-dealkylation sites (N-methyl/N-ethyl adjacent to an activating group) is 1. The van der Waals surface area contributed by atoms with Crippen LogP contribution < -0.4 is 5.73 Å². The highest BCUT2D eigenvalue weighted by atomic mass is 35.5. The Balaban J connectivity index is 0.00000120. The van der Waals surface area contributed by atoms with Gasteiger partial charge < -0.3 is 20.5 Å². The summed E-state index contributed by atoms with van der Waals surface area (Å²) < 4.78 is 5.90. The molecule has 1 aromatic heterocycles. The molecule has 0 fully saturated rings. The molecule has 114 valence electrons. The first-order chi connectivity index (χ1) is 8.15. The SMILES string of the molecule is CN(C)C1CCc2oc3ccc(N)cc3c2C1.Cl.Cl.O. The van der Waals surface area contributed by atoms with Gasteiger partial charge in [0.2, 0.25) is 0 Å². The highest BCUT2D eigenvalue weighted by molar-refractivity contribution is 5.86. The molecule has 6 heteroatoms. The first kappa shape index (κ1) is 19.1. The molecule has 1 aromatic carbocycles. The quantitative estimate of drug-likeness (QED) is 0.820. The maximum absolute atomic E-state index is 5.90. The van der Waals surface area contributed by atoms with Crippen molar-refractivity contribution >= 4 is 41.5 Å². The summed E-state index contributed by atoms with van der Waals surface area (Å²) in [5.41, 5.74) is 9.01. The minimum atomic E-state index is 0. The standard InChI is InChI=1S/C14H18N2O.2ClH.H2O/c1-16(2)10-4-6-14-12(8-10)11-7-9(15)3-5-13(11)17-14;;;/h3,5,7,10H,4,6,8,15H2,1-2H3;2*1H;1H2. The maximum Gasteiger partial charge on any atom is 0.134 e. The number of furan rings is 1. The zero-order chi connectivity index (χ0) is 12.0. The largest absolute Gasteiger partial charge is 0.461 e. The van der Waals surface area contributed by atoms with Crippen molar-refractivity contribution in [1.29, 1.82) is 0 Å². The number of aryl methyl sites for hydroxylation is 1. The van der Waals surface area contributed by atoms with E-state index >= 15 is 0 Å². The number of nitrogens with zero attached hydrogens (tertiary/aromatic N) is 1. The Labute approximate surface area is 131 Å². The average Bonchev–Trinajstić information content (AvgIpc) is 2.66. The Morgan fingerprint density at radius 1 is 1.25 bits per heavy atom. The Hall–Kier alpha value is -0.940. The molecule has 1 atom stereocenters. The molecule has 0 amide bonds. The number of nitrogens with two attached hydrogens (primary N) is 1. The summed E-state index contributed by atoms with van der Waals surface area (Å²) >= 11 is 0. The zero-order valence-electron chi connectivity index (χ0n) is 11.7. The molecular formula is C14H22Cl2N2O2. The van der Waals surface area contributed by atoms with E-state index in [1.165, 1.54) is 17.4 Å². The number of benzene rings is 1. The van der Waals surface area contributed by atoms with Gasteiger partial charge in [-0.2, -0.15) is 0 Å². The van der Waals surface area contributed by atoms with Crippen LogP contribution in [0.2, 0.25) is 0 Å². The van der Waals surface area contributed by atoms with Crippen LogP contribution in [0.5, 0.6) is 0 Å². The van der Waals surface area contributed by atoms with Crippen LogP contribution in [0.4, 0.5) is 5.69 Å². The summed E-state index contributed by atoms with van der Waals surface area (Å²) in [6.07, 6.45) is 3.28. The second-order valence-electron chi connectivity index (χ2n) is 5.12. The van der Waals surface area contributed by atoms with Crippen LogP contribution in [0.15, 0.2) is 22.6 Å². The lowest BCUT2D eigenvalue weighted by Gasteiger charge is -2.27. The molecule has 4 N–H and O–H groups in total. The molecule has 1 aliphatic rings. The van der Waals surface area contributed by atoms with Crippen molar-refractivity contribution < 1.29 is 9.89 Å². The van der Waals surface area contributed by atoms with E-state index in [0.29, 0.717) is 6.04 Å². The number of hydrogen-bond acceptors (Lipinski definition) is 3. The second-order valence-corrected chi connectivity index (χ2v) is 5.12. The van der Waals surface area contributed by atoms with Gasteiger partial charge in [0.05, 0.1) is 0 Å². The lowest BCUT2D eigenvalue weighted by atomic mass is 9.91. The molecule has 1 aliphatic carbocycles. The molecular weight excluding hydrogens is 299 g/mol. The predicted octanol–water partition coefficient (Wildman–Crippen LogP) is 2.45. The Morgan fingerprint density at radius 2 is 1.95 bits per heavy atom. The smallest absolute Gasteiger partial charge is 0.134 e. The summed E-state index contributed by atoms with van der Waals surface area (Å²) in [6.45, 7) is 0. The first-order valence-corrected chi connectivity index (χ1v) is 6.11. The van der Waals surface area contributed by atoms with Gasteiger partial charge in [-0.25, -0.2) is 0 Å². The fourth-order valence-electron chi connectivity index (χ4n) is 2.72. The summed E-state index contributed by atoms with van der Waals surface area (Å²) in [7, 11) is 4.29. The van der Waals surface area contributed by atoms with E-state index in [1.54, 1.807) is 0 Å². The predicted molar refractivity (Wildman–Crippen MR) is 88.2 cm³/mol. The molecule has 1 unspecified atom stereocenters. The molecule has 0 saturated carbocycles. The van der Waals surface area contributed by atoms with E-state index < -0.39 is 0 Å². The molecule has 0 spiro atoms. The number of nitrogen functional groups attached to an aromatic ring is 1. The van der Waals surface area contributed by atoms with Gasteiger partial charge in [-0.05, 0) is 45.1 Å². The molecule has 0 saturated heterocycles. The zero-order valence-corrected chi connectivity index (χ0v) is 13.3. The lowest BCUT2D eigenvalue weighted by molar-refractivity contribution is 0.261. The molecule has 3 rings (SSSR count). The maximum atomic E-state index is 5.90. The third-order valence-corrected chi connectivity index (χ3v) is 3.77. The molecule has 0 bridgehead atoms. The van der Waals surface area contributed by atoms with Crippen LogP contribution in [0.1, 0.15) is 17.7 Å². The van der Waals surface area contributed by atoms with Crippen molar-refractivity contribution in [2.75, 3.05) is 19.8 Å². The van der Waals surface area contributed by atoms with Crippen molar-refractivity contribution in [3.05, 3.63) is 29.5 Å². The van der Waals surface area contributed by atoms with Crippen LogP contribution in [0, 0.1) is 0 Å². The van der Waals surface area contributed by atoms with Crippen LogP contribution in [0.3, 0.4) is 0 Å². The van der Waals surface area contributed by atoms with Gasteiger partial charge in [-0.1, -0.05) is 0 Å². The second kappa shape index (κ2) is 7.18. The average molecular weight is 321 g/mol. The van der Waals surface area contributed by atoms with Gasteiger partial charge in [0.1, 0.15) is 11.3 Å². The van der Waals surface area contributed by atoms with E-state index in [1.807, 2.05) is 18.2 Å². The van der Waals surface area contributed by atoms with Gasteiger partial charge in [0.25, 0.3) is 0 Å². The highest BCUT2D eigenvalue weighted by Gasteiger charge is 2.25. The van der Waals surface area contributed by atoms with Gasteiger partial charge in [0.15, 0.2) is 0 Å². The third kappa shape index (κ3) is 3.20. The molecule has 0 aliphatic heterocycles. The number of anilines is 1. The summed E-state index contributed by atoms with van der Waals surface area (Å²) in [5, 5.41) is 1.20. The van der Waals surface area contributed by atoms with E-state index in [4.69, 9.17) is 10.2 Å². The minimum absolute atomic E-state index is 0. The Bertz CT molecular complexity index is 570. The summed E-state index contributed by atoms with van der Waals surface area (Å²) in [5.74, 6) is 1.16. The summed E-state index contributed by atoms with van der Waals surface area (Å²) in [6, 6.07) is 6.54. The number of halogens is 2. The van der Waals surface area contributed by atoms with Crippen LogP contribution in [-0.2, 0) is 12.8 Å². The van der Waals surface area contributed by atoms with E-state index in [9.17, 15) is 0 Å². The number of hydrogen-bond donors (Lipinski definition) is 1. The van der Waals surface area contributed by atoms with Crippen molar-refractivity contribution in [2.45, 2.75) is 25.3 Å². The van der Waals surface area contributed by atoms with Crippen LogP contribution >= 0.6 is 24.8 Å². The van der Waals surface area contributed by atoms with Gasteiger partial charge in [0, 0.05) is 29.1 Å². The van der Waals surface area contributed by atoms with Crippen molar-refractivity contribution in [1.82, 2.24) is 4.90 Å². The van der Waals surface area contributed by atoms with Crippen LogP contribution in [-0.4, -0.2) is 30.5 Å². The number of rotatable bonds is 1.